The molecule has 27 heavy (non-hydrogen) atoms. The van der Waals surface area contributed by atoms with Gasteiger partial charge in [0.15, 0.2) is 5.72 Å². The molecule has 6 heteroatoms. The van der Waals surface area contributed by atoms with Crippen LogP contribution in [0.2, 0.25) is 0 Å². The van der Waals surface area contributed by atoms with Gasteiger partial charge in [0.2, 0.25) is 5.91 Å². The number of rotatable bonds is 1. The number of nitrogens with one attached hydrogen (secondary N) is 1. The van der Waals surface area contributed by atoms with Crippen LogP contribution in [-0.2, 0) is 4.79 Å². The van der Waals surface area contributed by atoms with E-state index in [1.165, 1.54) is 0 Å². The first-order chi connectivity index (χ1) is 13.0. The minimum absolute atomic E-state index is 0.0441. The van der Waals surface area contributed by atoms with Crippen LogP contribution in [0.3, 0.4) is 0 Å². The standard InChI is InChI=1S/C21H26N2O3S/c1-20-7-6-14(12-16(20)19(25)23-8-10-27-11-9-23)21(13-20)22-18(24)15-4-2-3-5-17(15)26-21/h2-5,14,16H,6-13H2,1H3,(H,22,24). The Bertz CT molecular complexity index is 793. The molecule has 1 aromatic carbocycles. The first kappa shape index (κ1) is 17.4. The van der Waals surface area contributed by atoms with Crippen molar-refractivity contribution in [1.29, 1.82) is 0 Å². The van der Waals surface area contributed by atoms with E-state index in [0.29, 0.717) is 23.6 Å². The van der Waals surface area contributed by atoms with Crippen molar-refractivity contribution >= 4 is 23.6 Å². The van der Waals surface area contributed by atoms with Gasteiger partial charge in [-0.15, -0.1) is 0 Å². The van der Waals surface area contributed by atoms with E-state index in [1.54, 1.807) is 6.07 Å². The molecule has 4 fully saturated rings. The second-order valence-electron chi connectivity index (χ2n) is 8.73. The molecular weight excluding hydrogens is 360 g/mol. The van der Waals surface area contributed by atoms with Crippen LogP contribution in [0.5, 0.6) is 5.75 Å². The molecule has 3 aliphatic carbocycles. The average molecular weight is 387 g/mol. The van der Waals surface area contributed by atoms with Crippen LogP contribution in [0, 0.1) is 17.3 Å². The number of carbonyl (C=O) groups is 2. The maximum atomic E-state index is 13.3. The van der Waals surface area contributed by atoms with Crippen LogP contribution >= 0.6 is 11.8 Å². The zero-order valence-corrected chi connectivity index (χ0v) is 16.5. The highest BCUT2D eigenvalue weighted by atomic mass is 32.2. The summed E-state index contributed by atoms with van der Waals surface area (Å²) < 4.78 is 6.44. The van der Waals surface area contributed by atoms with Crippen LogP contribution in [0.1, 0.15) is 43.0 Å². The Morgan fingerprint density at radius 2 is 2.07 bits per heavy atom. The van der Waals surface area contributed by atoms with Gasteiger partial charge in [-0.05, 0) is 36.8 Å². The van der Waals surface area contributed by atoms with Crippen molar-refractivity contribution in [2.24, 2.45) is 17.3 Å². The van der Waals surface area contributed by atoms with Crippen molar-refractivity contribution < 1.29 is 14.3 Å². The van der Waals surface area contributed by atoms with Gasteiger partial charge in [-0.2, -0.15) is 11.8 Å². The summed E-state index contributed by atoms with van der Waals surface area (Å²) in [6.07, 6.45) is 3.54. The molecule has 144 valence electrons. The van der Waals surface area contributed by atoms with Gasteiger partial charge in [-0.25, -0.2) is 0 Å². The van der Waals surface area contributed by atoms with Crippen LogP contribution in [0.25, 0.3) is 0 Å². The largest absolute Gasteiger partial charge is 0.467 e. The maximum absolute atomic E-state index is 13.3. The number of hydrogen-bond acceptors (Lipinski definition) is 4. The number of thioether (sulfide) groups is 1. The number of benzene rings is 1. The monoisotopic (exact) mass is 386 g/mol. The fourth-order valence-corrected chi connectivity index (χ4v) is 6.54. The zero-order chi connectivity index (χ0) is 18.6. The summed E-state index contributed by atoms with van der Waals surface area (Å²) in [6, 6.07) is 7.46. The number of amides is 2. The van der Waals surface area contributed by atoms with Crippen LogP contribution in [-0.4, -0.2) is 47.0 Å². The van der Waals surface area contributed by atoms with Gasteiger partial charge >= 0.3 is 0 Å². The minimum atomic E-state index is -0.660. The van der Waals surface area contributed by atoms with Gasteiger partial charge in [0, 0.05) is 42.9 Å². The predicted octanol–water partition coefficient (Wildman–Crippen LogP) is 2.91. The molecule has 4 atom stereocenters. The van der Waals surface area contributed by atoms with Gasteiger partial charge in [0.05, 0.1) is 5.56 Å². The van der Waals surface area contributed by atoms with Gasteiger partial charge < -0.3 is 15.0 Å². The van der Waals surface area contributed by atoms with Crippen molar-refractivity contribution in [3.8, 4) is 5.75 Å². The Morgan fingerprint density at radius 1 is 1.30 bits per heavy atom. The predicted molar refractivity (Wildman–Crippen MR) is 105 cm³/mol. The summed E-state index contributed by atoms with van der Waals surface area (Å²) >= 11 is 1.93. The van der Waals surface area contributed by atoms with Crippen molar-refractivity contribution in [1.82, 2.24) is 10.2 Å². The Labute approximate surface area is 164 Å². The first-order valence-electron chi connectivity index (χ1n) is 9.98. The van der Waals surface area contributed by atoms with Crippen molar-refractivity contribution in [3.63, 3.8) is 0 Å². The van der Waals surface area contributed by atoms with Crippen LogP contribution in [0.15, 0.2) is 24.3 Å². The number of carbonyl (C=O) groups excluding carboxylic acids is 2. The number of fused-ring (bicyclic) bond motifs is 3. The highest BCUT2D eigenvalue weighted by Gasteiger charge is 2.62. The normalized spacial score (nSPS) is 37.5. The summed E-state index contributed by atoms with van der Waals surface area (Å²) in [5.74, 6) is 3.25. The highest BCUT2D eigenvalue weighted by Crippen LogP contribution is 2.59. The SMILES string of the molecule is CC12CCC(CC1C(=O)N1CCSCC1)C1(C2)NC(=O)c2ccccc2O1. The summed E-state index contributed by atoms with van der Waals surface area (Å²) in [5.41, 5.74) is -0.184. The summed E-state index contributed by atoms with van der Waals surface area (Å²) in [4.78, 5) is 28.1. The van der Waals surface area contributed by atoms with Gasteiger partial charge in [0.25, 0.3) is 5.91 Å². The number of nitrogens with zero attached hydrogens (tertiary/aromatic N) is 1. The van der Waals surface area contributed by atoms with E-state index in [2.05, 4.69) is 17.1 Å². The molecule has 0 radical (unpaired) electrons. The molecular formula is C21H26N2O3S. The third-order valence-corrected chi connectivity index (χ3v) is 8.06. The van der Waals surface area contributed by atoms with E-state index in [1.807, 2.05) is 30.0 Å². The lowest BCUT2D eigenvalue weighted by Gasteiger charge is -2.60. The lowest BCUT2D eigenvalue weighted by molar-refractivity contribution is -0.174. The third kappa shape index (κ3) is 2.67. The molecule has 0 aromatic heterocycles. The van der Waals surface area contributed by atoms with E-state index < -0.39 is 5.72 Å². The minimum Gasteiger partial charge on any atom is -0.467 e. The average Bonchev–Trinajstić information content (AvgIpc) is 2.68. The topological polar surface area (TPSA) is 58.6 Å². The molecule has 1 N–H and O–H groups in total. The maximum Gasteiger partial charge on any atom is 0.258 e. The molecule has 2 bridgehead atoms. The second-order valence-corrected chi connectivity index (χ2v) is 9.96. The van der Waals surface area contributed by atoms with Crippen LogP contribution < -0.4 is 10.1 Å². The summed E-state index contributed by atoms with van der Waals surface area (Å²) in [7, 11) is 0. The van der Waals surface area contributed by atoms with E-state index in [4.69, 9.17) is 4.74 Å². The number of ether oxygens (including phenoxy) is 1. The lowest BCUT2D eigenvalue weighted by Crippen LogP contribution is -2.69. The molecule has 1 spiro atoms. The quantitative estimate of drug-likeness (QED) is 0.806. The van der Waals surface area contributed by atoms with E-state index in [0.717, 1.165) is 43.9 Å². The Hall–Kier alpha value is -1.69. The van der Waals surface area contributed by atoms with Gasteiger partial charge in [-0.3, -0.25) is 9.59 Å². The molecule has 3 saturated carbocycles. The van der Waals surface area contributed by atoms with Crippen molar-refractivity contribution in [2.75, 3.05) is 24.6 Å². The molecule has 5 aliphatic rings. The fraction of sp³-hybridized carbons (Fsp3) is 0.619. The molecule has 5 nitrogen and oxygen atoms in total. The lowest BCUT2D eigenvalue weighted by atomic mass is 9.52. The van der Waals surface area contributed by atoms with E-state index in [-0.39, 0.29) is 23.2 Å². The highest BCUT2D eigenvalue weighted by molar-refractivity contribution is 7.99. The van der Waals surface area contributed by atoms with Crippen molar-refractivity contribution in [3.05, 3.63) is 29.8 Å². The third-order valence-electron chi connectivity index (χ3n) is 7.12. The van der Waals surface area contributed by atoms with Gasteiger partial charge in [0.1, 0.15) is 5.75 Å². The molecule has 1 aromatic rings. The summed E-state index contributed by atoms with van der Waals surface area (Å²) in [6.45, 7) is 3.96. The molecule has 1 saturated heterocycles. The molecule has 6 rings (SSSR count). The molecule has 4 unspecified atom stereocenters. The Morgan fingerprint density at radius 3 is 2.85 bits per heavy atom. The van der Waals surface area contributed by atoms with E-state index in [9.17, 15) is 9.59 Å². The summed E-state index contributed by atoms with van der Waals surface area (Å²) in [5, 5.41) is 3.19. The second kappa shape index (κ2) is 6.16. The Kier molecular flexibility index (Phi) is 3.97. The Balaban J connectivity index is 1.43. The fourth-order valence-electron chi connectivity index (χ4n) is 5.64. The molecule has 2 aliphatic heterocycles. The van der Waals surface area contributed by atoms with Crippen LogP contribution in [0.4, 0.5) is 0 Å². The number of para-hydroxylation sites is 1. The molecule has 2 amide bonds. The first-order valence-corrected chi connectivity index (χ1v) is 11.1. The van der Waals surface area contributed by atoms with Crippen molar-refractivity contribution in [2.45, 2.75) is 38.3 Å². The zero-order valence-electron chi connectivity index (χ0n) is 15.7. The smallest absolute Gasteiger partial charge is 0.258 e. The number of hydrogen-bond donors (Lipinski definition) is 1. The van der Waals surface area contributed by atoms with Gasteiger partial charge in [-0.1, -0.05) is 19.1 Å². The molecule has 2 heterocycles. The van der Waals surface area contributed by atoms with E-state index >= 15 is 0 Å².